The molecule has 0 aliphatic carbocycles. The molecule has 4 nitrogen and oxygen atoms in total. The van der Waals surface area contributed by atoms with Gasteiger partial charge in [0.05, 0.1) is 25.9 Å². The molecule has 1 aliphatic heterocycles. The van der Waals surface area contributed by atoms with Gasteiger partial charge in [-0.05, 0) is 19.9 Å². The molecule has 1 aliphatic rings. The highest BCUT2D eigenvalue weighted by Crippen LogP contribution is 2.30. The van der Waals surface area contributed by atoms with Crippen molar-refractivity contribution in [3.8, 4) is 5.75 Å². The molecule has 1 aromatic carbocycles. The second kappa shape index (κ2) is 6.89. The third kappa shape index (κ3) is 3.26. The number of benzene rings is 1. The molecule has 0 bridgehead atoms. The van der Waals surface area contributed by atoms with Crippen LogP contribution in [-0.2, 0) is 4.74 Å². The molecule has 2 atom stereocenters. The quantitative estimate of drug-likeness (QED) is 0.881. The Morgan fingerprint density at radius 2 is 2.26 bits per heavy atom. The molecule has 2 rings (SSSR count). The van der Waals surface area contributed by atoms with Gasteiger partial charge in [0.1, 0.15) is 5.75 Å². The van der Waals surface area contributed by atoms with Gasteiger partial charge in [0.2, 0.25) is 0 Å². The van der Waals surface area contributed by atoms with Gasteiger partial charge in [-0.3, -0.25) is 4.90 Å². The molecule has 4 heteroatoms. The second-order valence-corrected chi connectivity index (χ2v) is 4.88. The summed E-state index contributed by atoms with van der Waals surface area (Å²) in [5.74, 6) is 0.944. The summed E-state index contributed by atoms with van der Waals surface area (Å²) in [6, 6.07) is 8.77. The summed E-state index contributed by atoms with van der Waals surface area (Å²) >= 11 is 0. The van der Waals surface area contributed by atoms with Crippen LogP contribution in [0.4, 0.5) is 0 Å². The van der Waals surface area contributed by atoms with Gasteiger partial charge in [0.15, 0.2) is 0 Å². The van der Waals surface area contributed by atoms with Gasteiger partial charge < -0.3 is 15.2 Å². The van der Waals surface area contributed by atoms with Gasteiger partial charge in [-0.1, -0.05) is 18.2 Å². The number of hydrogen-bond acceptors (Lipinski definition) is 4. The van der Waals surface area contributed by atoms with Crippen molar-refractivity contribution in [1.82, 2.24) is 4.90 Å². The van der Waals surface area contributed by atoms with Crippen molar-refractivity contribution in [1.29, 1.82) is 0 Å². The molecular formula is C15H24N2O2. The van der Waals surface area contributed by atoms with E-state index in [1.807, 2.05) is 25.1 Å². The number of hydrogen-bond donors (Lipinski definition) is 1. The van der Waals surface area contributed by atoms with E-state index in [1.54, 1.807) is 0 Å². The fourth-order valence-electron chi connectivity index (χ4n) is 2.69. The van der Waals surface area contributed by atoms with Crippen LogP contribution in [0.15, 0.2) is 24.3 Å². The van der Waals surface area contributed by atoms with Crippen LogP contribution in [0, 0.1) is 0 Å². The Balaban J connectivity index is 2.25. The van der Waals surface area contributed by atoms with Gasteiger partial charge in [-0.25, -0.2) is 0 Å². The summed E-state index contributed by atoms with van der Waals surface area (Å²) in [6.07, 6.45) is 0. The topological polar surface area (TPSA) is 47.7 Å². The van der Waals surface area contributed by atoms with E-state index in [9.17, 15) is 0 Å². The minimum absolute atomic E-state index is 0.196. The molecular weight excluding hydrogens is 240 g/mol. The van der Waals surface area contributed by atoms with E-state index >= 15 is 0 Å². The molecule has 0 saturated carbocycles. The van der Waals surface area contributed by atoms with Crippen molar-refractivity contribution in [3.63, 3.8) is 0 Å². The van der Waals surface area contributed by atoms with E-state index in [4.69, 9.17) is 15.2 Å². The van der Waals surface area contributed by atoms with Crippen LogP contribution in [-0.4, -0.2) is 43.9 Å². The number of ether oxygens (including phenoxy) is 2. The van der Waals surface area contributed by atoms with Crippen molar-refractivity contribution in [2.45, 2.75) is 25.9 Å². The lowest BCUT2D eigenvalue weighted by molar-refractivity contribution is -0.0213. The van der Waals surface area contributed by atoms with Crippen LogP contribution >= 0.6 is 0 Å². The lowest BCUT2D eigenvalue weighted by Crippen LogP contribution is -2.47. The summed E-state index contributed by atoms with van der Waals surface area (Å²) in [4.78, 5) is 2.42. The molecule has 2 N–H and O–H groups in total. The first-order chi connectivity index (χ1) is 9.27. The lowest BCUT2D eigenvalue weighted by Gasteiger charge is -2.39. The molecule has 0 spiro atoms. The zero-order valence-electron chi connectivity index (χ0n) is 11.8. The third-order valence-electron chi connectivity index (χ3n) is 3.62. The van der Waals surface area contributed by atoms with Crippen LogP contribution in [0.5, 0.6) is 5.75 Å². The first-order valence-electron chi connectivity index (χ1n) is 7.03. The van der Waals surface area contributed by atoms with Crippen LogP contribution in [0.1, 0.15) is 25.5 Å². The van der Waals surface area contributed by atoms with Crippen molar-refractivity contribution in [2.24, 2.45) is 5.73 Å². The van der Waals surface area contributed by atoms with Crippen molar-refractivity contribution < 1.29 is 9.47 Å². The second-order valence-electron chi connectivity index (χ2n) is 4.88. The van der Waals surface area contributed by atoms with Crippen LogP contribution in [0.2, 0.25) is 0 Å². The van der Waals surface area contributed by atoms with Gasteiger partial charge in [0.25, 0.3) is 0 Å². The first kappa shape index (κ1) is 14.3. The monoisotopic (exact) mass is 264 g/mol. The predicted molar refractivity (Wildman–Crippen MR) is 76.4 cm³/mol. The Hall–Kier alpha value is -1.10. The first-order valence-corrected chi connectivity index (χ1v) is 7.03. The average Bonchev–Trinajstić information content (AvgIpc) is 2.44. The summed E-state index contributed by atoms with van der Waals surface area (Å²) in [6.45, 7) is 7.92. The predicted octanol–water partition coefficient (Wildman–Crippen LogP) is 1.81. The Labute approximate surface area is 115 Å². The normalized spacial score (nSPS) is 22.2. The van der Waals surface area contributed by atoms with Gasteiger partial charge in [-0.2, -0.15) is 0 Å². The number of nitrogens with zero attached hydrogens (tertiary/aromatic N) is 1. The van der Waals surface area contributed by atoms with Gasteiger partial charge in [-0.15, -0.1) is 0 Å². The van der Waals surface area contributed by atoms with E-state index < -0.39 is 0 Å². The average molecular weight is 264 g/mol. The third-order valence-corrected chi connectivity index (χ3v) is 3.62. The van der Waals surface area contributed by atoms with E-state index in [2.05, 4.69) is 17.9 Å². The van der Waals surface area contributed by atoms with Crippen molar-refractivity contribution in [2.75, 3.05) is 32.9 Å². The Kier molecular flexibility index (Phi) is 5.19. The zero-order valence-corrected chi connectivity index (χ0v) is 11.8. The van der Waals surface area contributed by atoms with E-state index in [0.29, 0.717) is 19.2 Å². The molecule has 0 amide bonds. The van der Waals surface area contributed by atoms with Gasteiger partial charge >= 0.3 is 0 Å². The minimum Gasteiger partial charge on any atom is -0.494 e. The summed E-state index contributed by atoms with van der Waals surface area (Å²) < 4.78 is 11.2. The van der Waals surface area contributed by atoms with Gasteiger partial charge in [0, 0.05) is 24.7 Å². The highest BCUT2D eigenvalue weighted by atomic mass is 16.5. The fourth-order valence-corrected chi connectivity index (χ4v) is 2.69. The number of para-hydroxylation sites is 1. The number of morpholine rings is 1. The largest absolute Gasteiger partial charge is 0.494 e. The fraction of sp³-hybridized carbons (Fsp3) is 0.600. The smallest absolute Gasteiger partial charge is 0.124 e. The molecule has 0 aromatic heterocycles. The Morgan fingerprint density at radius 1 is 1.47 bits per heavy atom. The SMILES string of the molecule is CCOc1ccccc1C(CN)N1CCOCC1C. The zero-order chi connectivity index (χ0) is 13.7. The standard InChI is InChI=1S/C15H24N2O2/c1-3-19-15-7-5-4-6-13(15)14(10-16)17-8-9-18-11-12(17)2/h4-7,12,14H,3,8-11,16H2,1-2H3. The van der Waals surface area contributed by atoms with Crippen molar-refractivity contribution >= 4 is 0 Å². The van der Waals surface area contributed by atoms with Crippen LogP contribution in [0.3, 0.4) is 0 Å². The molecule has 1 aromatic rings. The van der Waals surface area contributed by atoms with Crippen LogP contribution < -0.4 is 10.5 Å². The Bertz CT molecular complexity index is 397. The summed E-state index contributed by atoms with van der Waals surface area (Å²) in [7, 11) is 0. The maximum absolute atomic E-state index is 6.02. The van der Waals surface area contributed by atoms with E-state index in [1.165, 1.54) is 5.56 Å². The van der Waals surface area contributed by atoms with E-state index in [-0.39, 0.29) is 6.04 Å². The maximum Gasteiger partial charge on any atom is 0.124 e. The molecule has 106 valence electrons. The molecule has 0 radical (unpaired) electrons. The molecule has 2 unspecified atom stereocenters. The van der Waals surface area contributed by atoms with Crippen molar-refractivity contribution in [3.05, 3.63) is 29.8 Å². The molecule has 1 saturated heterocycles. The highest BCUT2D eigenvalue weighted by Gasteiger charge is 2.28. The molecule has 1 fully saturated rings. The Morgan fingerprint density at radius 3 is 2.95 bits per heavy atom. The highest BCUT2D eigenvalue weighted by molar-refractivity contribution is 5.36. The summed E-state index contributed by atoms with van der Waals surface area (Å²) in [5.41, 5.74) is 7.21. The number of rotatable bonds is 5. The summed E-state index contributed by atoms with van der Waals surface area (Å²) in [5, 5.41) is 0. The number of nitrogens with two attached hydrogens (primary N) is 1. The minimum atomic E-state index is 0.196. The van der Waals surface area contributed by atoms with E-state index in [0.717, 1.165) is 25.5 Å². The lowest BCUT2D eigenvalue weighted by atomic mass is 10.0. The van der Waals surface area contributed by atoms with Crippen LogP contribution in [0.25, 0.3) is 0 Å². The molecule has 1 heterocycles. The molecule has 19 heavy (non-hydrogen) atoms. The maximum atomic E-state index is 6.02.